The lowest BCUT2D eigenvalue weighted by molar-refractivity contribution is -0.121. The molecule has 0 aliphatic carbocycles. The number of ether oxygens (including phenoxy) is 1. The highest BCUT2D eigenvalue weighted by Crippen LogP contribution is 2.42. The quantitative estimate of drug-likeness (QED) is 0.0410. The number of benzene rings is 4. The maximum atomic E-state index is 15.1. The highest BCUT2D eigenvalue weighted by molar-refractivity contribution is 6.31. The fourth-order valence-corrected chi connectivity index (χ4v) is 7.93. The first kappa shape index (κ1) is 47.6. The minimum Gasteiger partial charge on any atom is -0.399 e. The molecule has 0 bridgehead atoms. The molecule has 17 heteroatoms. The number of nitrogens with zero attached hydrogens (tertiary/aromatic N) is 3. The van der Waals surface area contributed by atoms with Crippen LogP contribution in [0.5, 0.6) is 0 Å². The van der Waals surface area contributed by atoms with Crippen LogP contribution in [0.2, 0.25) is 5.02 Å². The summed E-state index contributed by atoms with van der Waals surface area (Å²) < 4.78 is 52.0. The molecule has 3 heterocycles. The van der Waals surface area contributed by atoms with Gasteiger partial charge in [0.05, 0.1) is 18.8 Å². The van der Waals surface area contributed by atoms with Gasteiger partial charge in [-0.25, -0.2) is 18.2 Å². The van der Waals surface area contributed by atoms with Gasteiger partial charge in [-0.05, 0) is 78.2 Å². The second-order valence-electron chi connectivity index (χ2n) is 16.6. The third-order valence-electron chi connectivity index (χ3n) is 11.2. The molecular weight excluding hydrogens is 885 g/mol. The largest absolute Gasteiger partial charge is 0.399 e. The predicted octanol–water partition coefficient (Wildman–Crippen LogP) is 6.19. The summed E-state index contributed by atoms with van der Waals surface area (Å²) >= 11 is 6.30. The lowest BCUT2D eigenvalue weighted by Gasteiger charge is -2.23. The zero-order valence-electron chi connectivity index (χ0n) is 36.8. The standard InChI is InChI=1S/C50H48ClF3N8O5/c1-50(2)30-62(28-38-40(51)4-3-5-41(38)52)44-25-34(9-12-39(44)50)48(65)60-27-37-42(53)22-32(23-43(37)54)8-13-45(63)56-17-20-67-21-18-57-46(64)29-61-19-15-33-24-35(26-59-47(33)61)49(66)58-16-14-31-6-10-36(55)11-7-31/h3-7,9-12,15,19,22-26H,14,16-18,20-21,27-30,55H2,1-2H3,(H,56,63)(H,57,64)(H,58,66)(H,60,65). The first-order valence-corrected chi connectivity index (χ1v) is 21.8. The molecule has 0 fully saturated rings. The fraction of sp³-hybridized carbons (Fsp3) is 0.260. The molecule has 1 aliphatic heterocycles. The number of amides is 4. The van der Waals surface area contributed by atoms with Gasteiger partial charge in [0.25, 0.3) is 17.7 Å². The van der Waals surface area contributed by atoms with Crippen LogP contribution in [0.4, 0.5) is 24.5 Å². The lowest BCUT2D eigenvalue weighted by Crippen LogP contribution is -2.31. The van der Waals surface area contributed by atoms with Crippen LogP contribution >= 0.6 is 11.6 Å². The van der Waals surface area contributed by atoms with E-state index in [1.54, 1.807) is 41.1 Å². The Bertz CT molecular complexity index is 2850. The molecular formula is C50H48ClF3N8O5. The van der Waals surface area contributed by atoms with E-state index in [1.807, 2.05) is 49.1 Å². The van der Waals surface area contributed by atoms with Crippen LogP contribution in [-0.4, -0.2) is 72.6 Å². The Balaban J connectivity index is 0.801. The van der Waals surface area contributed by atoms with Crippen LogP contribution in [0.25, 0.3) is 11.0 Å². The Labute approximate surface area is 390 Å². The number of aromatic nitrogens is 2. The van der Waals surface area contributed by atoms with E-state index in [4.69, 9.17) is 22.1 Å². The SMILES string of the molecule is CC1(C)CN(Cc2c(F)cccc2Cl)c2cc(C(=O)NCc3c(F)cc(C#CC(=O)NCCOCCNC(=O)Cn4ccc5cc(C(=O)NCCc6ccc(N)cc6)cnc54)cc3F)ccc21. The molecule has 0 atom stereocenters. The molecule has 0 saturated heterocycles. The summed E-state index contributed by atoms with van der Waals surface area (Å²) in [5.74, 6) is 0.607. The third-order valence-corrected chi connectivity index (χ3v) is 11.5. The van der Waals surface area contributed by atoms with Crippen molar-refractivity contribution in [2.75, 3.05) is 50.0 Å². The second-order valence-corrected chi connectivity index (χ2v) is 17.0. The molecule has 0 unspecified atom stereocenters. The second kappa shape index (κ2) is 21.3. The number of nitrogens with two attached hydrogens (primary N) is 1. The van der Waals surface area contributed by atoms with Crippen molar-refractivity contribution in [2.45, 2.75) is 45.3 Å². The number of hydrogen-bond acceptors (Lipinski definition) is 8. The molecule has 2 aromatic heterocycles. The number of halogens is 4. The van der Waals surface area contributed by atoms with Crippen molar-refractivity contribution < 1.29 is 37.1 Å². The minimum absolute atomic E-state index is 0.00246. The summed E-state index contributed by atoms with van der Waals surface area (Å²) in [5.41, 5.74) is 9.94. The van der Waals surface area contributed by atoms with Gasteiger partial charge in [-0.3, -0.25) is 19.2 Å². The first-order chi connectivity index (χ1) is 32.1. The summed E-state index contributed by atoms with van der Waals surface area (Å²) in [5, 5.41) is 11.8. The molecule has 6 aromatic rings. The number of carbonyl (C=O) groups is 4. The third kappa shape index (κ3) is 12.1. The van der Waals surface area contributed by atoms with Crippen molar-refractivity contribution in [1.82, 2.24) is 30.8 Å². The van der Waals surface area contributed by atoms with Crippen molar-refractivity contribution in [3.05, 3.63) is 159 Å². The number of hydrogen-bond donors (Lipinski definition) is 5. The van der Waals surface area contributed by atoms with Gasteiger partial charge in [-0.2, -0.15) is 0 Å². The van der Waals surface area contributed by atoms with Crippen molar-refractivity contribution in [2.24, 2.45) is 0 Å². The number of rotatable bonds is 17. The molecule has 6 N–H and O–H groups in total. The zero-order chi connectivity index (χ0) is 47.7. The van der Waals surface area contributed by atoms with Crippen LogP contribution in [-0.2, 0) is 45.8 Å². The summed E-state index contributed by atoms with van der Waals surface area (Å²) in [6.45, 7) is 5.40. The van der Waals surface area contributed by atoms with E-state index in [0.29, 0.717) is 52.4 Å². The molecule has 4 aromatic carbocycles. The van der Waals surface area contributed by atoms with E-state index in [9.17, 15) is 23.6 Å². The topological polar surface area (TPSA) is 173 Å². The number of carbonyl (C=O) groups excluding carboxylic acids is 4. The van der Waals surface area contributed by atoms with Crippen LogP contribution in [0, 0.1) is 29.3 Å². The predicted molar refractivity (Wildman–Crippen MR) is 250 cm³/mol. The molecule has 13 nitrogen and oxygen atoms in total. The normalized spacial score (nSPS) is 12.5. The van der Waals surface area contributed by atoms with Crippen molar-refractivity contribution >= 4 is 57.6 Å². The van der Waals surface area contributed by atoms with E-state index in [1.165, 1.54) is 18.3 Å². The average molecular weight is 933 g/mol. The van der Waals surface area contributed by atoms with Crippen LogP contribution < -0.4 is 31.9 Å². The number of nitrogen functional groups attached to an aromatic ring is 1. The molecule has 4 amide bonds. The van der Waals surface area contributed by atoms with Crippen LogP contribution in [0.3, 0.4) is 0 Å². The van der Waals surface area contributed by atoms with Gasteiger partial charge in [0.1, 0.15) is 29.6 Å². The Kier molecular flexibility index (Phi) is 15.1. The Morgan fingerprint density at radius 1 is 0.821 bits per heavy atom. The van der Waals surface area contributed by atoms with E-state index in [-0.39, 0.29) is 73.3 Å². The number of fused-ring (bicyclic) bond motifs is 2. The summed E-state index contributed by atoms with van der Waals surface area (Å²) in [4.78, 5) is 57.2. The van der Waals surface area contributed by atoms with Gasteiger partial charge in [0.2, 0.25) is 5.91 Å². The first-order valence-electron chi connectivity index (χ1n) is 21.5. The van der Waals surface area contributed by atoms with E-state index >= 15 is 8.78 Å². The molecule has 346 valence electrons. The zero-order valence-corrected chi connectivity index (χ0v) is 37.5. The monoisotopic (exact) mass is 932 g/mol. The lowest BCUT2D eigenvalue weighted by atomic mass is 9.86. The minimum atomic E-state index is -0.953. The van der Waals surface area contributed by atoms with Crippen molar-refractivity contribution in [3.8, 4) is 11.8 Å². The highest BCUT2D eigenvalue weighted by atomic mass is 35.5. The molecule has 1 aliphatic rings. The summed E-state index contributed by atoms with van der Waals surface area (Å²) in [6.07, 6.45) is 3.84. The summed E-state index contributed by atoms with van der Waals surface area (Å²) in [6, 6.07) is 22.6. The van der Waals surface area contributed by atoms with Gasteiger partial charge in [-0.15, -0.1) is 0 Å². The van der Waals surface area contributed by atoms with Gasteiger partial charge >= 0.3 is 0 Å². The van der Waals surface area contributed by atoms with E-state index in [0.717, 1.165) is 28.9 Å². The highest BCUT2D eigenvalue weighted by Gasteiger charge is 2.36. The molecule has 0 spiro atoms. The Morgan fingerprint density at radius 2 is 1.55 bits per heavy atom. The van der Waals surface area contributed by atoms with E-state index in [2.05, 4.69) is 38.1 Å². The van der Waals surface area contributed by atoms with Crippen molar-refractivity contribution in [1.29, 1.82) is 0 Å². The maximum absolute atomic E-state index is 15.1. The fourth-order valence-electron chi connectivity index (χ4n) is 7.71. The number of nitrogens with one attached hydrogen (secondary N) is 4. The van der Waals surface area contributed by atoms with Gasteiger partial charge in [0.15, 0.2) is 0 Å². The van der Waals surface area contributed by atoms with Gasteiger partial charge in [0, 0.05) is 107 Å². The Hall–Kier alpha value is -7.35. The van der Waals surface area contributed by atoms with Crippen LogP contribution in [0.1, 0.15) is 62.4 Å². The van der Waals surface area contributed by atoms with E-state index < -0.39 is 35.8 Å². The Morgan fingerprint density at radius 3 is 2.30 bits per heavy atom. The smallest absolute Gasteiger partial charge is 0.296 e. The van der Waals surface area contributed by atoms with Crippen LogP contribution in [0.15, 0.2) is 97.3 Å². The van der Waals surface area contributed by atoms with Gasteiger partial charge < -0.3 is 41.2 Å². The number of anilines is 2. The summed E-state index contributed by atoms with van der Waals surface area (Å²) in [7, 11) is 0. The van der Waals surface area contributed by atoms with Crippen molar-refractivity contribution in [3.63, 3.8) is 0 Å². The number of pyridine rings is 1. The average Bonchev–Trinajstić information content (AvgIpc) is 3.81. The molecule has 7 rings (SSSR count). The molecule has 67 heavy (non-hydrogen) atoms. The maximum Gasteiger partial charge on any atom is 0.296 e. The van der Waals surface area contributed by atoms with Gasteiger partial charge in [-0.1, -0.05) is 55.6 Å². The molecule has 0 saturated carbocycles. The molecule has 0 radical (unpaired) electrons.